The van der Waals surface area contributed by atoms with Crippen LogP contribution in [0.2, 0.25) is 0 Å². The molecule has 1 unspecified atom stereocenters. The summed E-state index contributed by atoms with van der Waals surface area (Å²) in [7, 11) is 0. The number of ketones is 1. The topological polar surface area (TPSA) is 54.4 Å². The largest absolute Gasteiger partial charge is 0.481 e. The van der Waals surface area contributed by atoms with Crippen LogP contribution in [0.25, 0.3) is 0 Å². The van der Waals surface area contributed by atoms with Crippen molar-refractivity contribution in [2.75, 3.05) is 5.75 Å². The maximum absolute atomic E-state index is 11.8. The average Bonchev–Trinajstić information content (AvgIpc) is 2.30. The fourth-order valence-electron chi connectivity index (χ4n) is 1.39. The van der Waals surface area contributed by atoms with Crippen LogP contribution in [0.1, 0.15) is 30.6 Å². The van der Waals surface area contributed by atoms with Crippen molar-refractivity contribution in [3.63, 3.8) is 0 Å². The molecule has 0 saturated heterocycles. The fraction of sp³-hybridized carbons (Fsp3) is 0.385. The molecule has 1 aromatic rings. The molecule has 0 heterocycles. The van der Waals surface area contributed by atoms with Gasteiger partial charge in [0.05, 0.1) is 5.92 Å². The number of carbonyl (C=O) groups is 2. The average molecular weight is 252 g/mol. The van der Waals surface area contributed by atoms with Gasteiger partial charge < -0.3 is 5.11 Å². The lowest BCUT2D eigenvalue weighted by molar-refractivity contribution is -0.141. The minimum atomic E-state index is -0.934. The number of Topliss-reactive ketones (excluding diaryl/α,β-unsaturated/α-hetero) is 1. The van der Waals surface area contributed by atoms with E-state index in [-0.39, 0.29) is 12.2 Å². The van der Waals surface area contributed by atoms with Crippen LogP contribution in [0.3, 0.4) is 0 Å². The first-order valence-electron chi connectivity index (χ1n) is 5.53. The molecule has 1 rings (SSSR count). The van der Waals surface area contributed by atoms with Crippen molar-refractivity contribution in [3.8, 4) is 0 Å². The zero-order valence-electron chi connectivity index (χ0n) is 9.97. The van der Waals surface area contributed by atoms with Gasteiger partial charge in [-0.2, -0.15) is 0 Å². The molecule has 92 valence electrons. The summed E-state index contributed by atoms with van der Waals surface area (Å²) >= 11 is 1.71. The van der Waals surface area contributed by atoms with Gasteiger partial charge in [-0.3, -0.25) is 9.59 Å². The summed E-state index contributed by atoms with van der Waals surface area (Å²) in [5.74, 6) is -0.694. The van der Waals surface area contributed by atoms with Crippen LogP contribution in [0, 0.1) is 5.92 Å². The number of aliphatic carboxylic acids is 1. The summed E-state index contributed by atoms with van der Waals surface area (Å²) in [5.41, 5.74) is 0.582. The lowest BCUT2D eigenvalue weighted by Gasteiger charge is -2.06. The zero-order valence-corrected chi connectivity index (χ0v) is 10.8. The Balaban J connectivity index is 2.66. The van der Waals surface area contributed by atoms with Crippen LogP contribution in [0.5, 0.6) is 0 Å². The molecule has 0 aliphatic heterocycles. The Kier molecular flexibility index (Phi) is 5.22. The van der Waals surface area contributed by atoms with Crippen LogP contribution < -0.4 is 0 Å². The molecule has 4 heteroatoms. The molecular formula is C13H16O3S. The van der Waals surface area contributed by atoms with Gasteiger partial charge >= 0.3 is 5.97 Å². The van der Waals surface area contributed by atoms with Gasteiger partial charge in [0.2, 0.25) is 0 Å². The predicted octanol–water partition coefficient (Wildman–Crippen LogP) is 3.09. The van der Waals surface area contributed by atoms with Crippen molar-refractivity contribution in [1.29, 1.82) is 0 Å². The van der Waals surface area contributed by atoms with Gasteiger partial charge in [-0.05, 0) is 17.9 Å². The van der Waals surface area contributed by atoms with Crippen molar-refractivity contribution in [2.24, 2.45) is 5.92 Å². The quantitative estimate of drug-likeness (QED) is 0.624. The van der Waals surface area contributed by atoms with E-state index in [2.05, 4.69) is 6.92 Å². The van der Waals surface area contributed by atoms with Crippen LogP contribution in [0.15, 0.2) is 29.2 Å². The molecule has 1 aromatic carbocycles. The number of hydrogen-bond acceptors (Lipinski definition) is 3. The summed E-state index contributed by atoms with van der Waals surface area (Å²) in [5, 5.41) is 8.74. The number of thioether (sulfide) groups is 1. The van der Waals surface area contributed by atoms with Gasteiger partial charge in [0, 0.05) is 16.9 Å². The Bertz CT molecular complexity index is 398. The van der Waals surface area contributed by atoms with Gasteiger partial charge in [-0.25, -0.2) is 0 Å². The van der Waals surface area contributed by atoms with Crippen molar-refractivity contribution >= 4 is 23.5 Å². The van der Waals surface area contributed by atoms with Crippen molar-refractivity contribution in [1.82, 2.24) is 0 Å². The molecule has 0 amide bonds. The third-order valence-corrected chi connectivity index (χ3v) is 3.29. The second kappa shape index (κ2) is 6.45. The fourth-order valence-corrected chi connectivity index (χ4v) is 2.05. The molecule has 17 heavy (non-hydrogen) atoms. The number of hydrogen-bond donors (Lipinski definition) is 1. The van der Waals surface area contributed by atoms with Crippen molar-refractivity contribution in [2.45, 2.75) is 25.2 Å². The van der Waals surface area contributed by atoms with Gasteiger partial charge in [0.1, 0.15) is 0 Å². The second-order valence-electron chi connectivity index (χ2n) is 3.82. The molecule has 0 spiro atoms. The van der Waals surface area contributed by atoms with E-state index in [1.807, 2.05) is 12.1 Å². The normalized spacial score (nSPS) is 12.1. The lowest BCUT2D eigenvalue weighted by atomic mass is 10.00. The molecule has 0 bridgehead atoms. The van der Waals surface area contributed by atoms with Crippen LogP contribution in [-0.4, -0.2) is 22.6 Å². The van der Waals surface area contributed by atoms with E-state index in [1.165, 1.54) is 0 Å². The van der Waals surface area contributed by atoms with E-state index >= 15 is 0 Å². The van der Waals surface area contributed by atoms with E-state index in [9.17, 15) is 9.59 Å². The minimum Gasteiger partial charge on any atom is -0.481 e. The Morgan fingerprint density at radius 1 is 1.29 bits per heavy atom. The van der Waals surface area contributed by atoms with Gasteiger partial charge in [-0.1, -0.05) is 26.0 Å². The zero-order chi connectivity index (χ0) is 12.8. The van der Waals surface area contributed by atoms with Crippen LogP contribution in [-0.2, 0) is 4.79 Å². The Hall–Kier alpha value is -1.29. The summed E-state index contributed by atoms with van der Waals surface area (Å²) < 4.78 is 0. The highest BCUT2D eigenvalue weighted by molar-refractivity contribution is 7.99. The molecule has 0 aliphatic rings. The summed E-state index contributed by atoms with van der Waals surface area (Å²) in [6.07, 6.45) is 0.0512. The maximum atomic E-state index is 11.8. The van der Waals surface area contributed by atoms with E-state index in [0.29, 0.717) is 5.56 Å². The van der Waals surface area contributed by atoms with E-state index < -0.39 is 11.9 Å². The lowest BCUT2D eigenvalue weighted by Crippen LogP contribution is -2.14. The number of benzene rings is 1. The second-order valence-corrected chi connectivity index (χ2v) is 5.16. The Labute approximate surface area is 105 Å². The highest BCUT2D eigenvalue weighted by Gasteiger charge is 2.16. The highest BCUT2D eigenvalue weighted by atomic mass is 32.2. The maximum Gasteiger partial charge on any atom is 0.306 e. The number of carboxylic acid groups (broad SMARTS) is 1. The van der Waals surface area contributed by atoms with Crippen LogP contribution in [0.4, 0.5) is 0 Å². The van der Waals surface area contributed by atoms with Crippen LogP contribution >= 0.6 is 11.8 Å². The molecule has 0 aromatic heterocycles. The van der Waals surface area contributed by atoms with Gasteiger partial charge in [0.15, 0.2) is 5.78 Å². The Morgan fingerprint density at radius 2 is 1.88 bits per heavy atom. The summed E-state index contributed by atoms with van der Waals surface area (Å²) in [6.45, 7) is 3.61. The van der Waals surface area contributed by atoms with Gasteiger partial charge in [0.25, 0.3) is 0 Å². The predicted molar refractivity (Wildman–Crippen MR) is 68.6 cm³/mol. The third kappa shape index (κ3) is 4.23. The highest BCUT2D eigenvalue weighted by Crippen LogP contribution is 2.19. The van der Waals surface area contributed by atoms with E-state index in [0.717, 1.165) is 10.6 Å². The standard InChI is InChI=1S/C13H16O3S/c1-3-17-11-6-4-10(5-7-11)12(14)8-9(2)13(15)16/h4-7,9H,3,8H2,1-2H3,(H,15,16). The SMILES string of the molecule is CCSc1ccc(C(=O)CC(C)C(=O)O)cc1. The van der Waals surface area contributed by atoms with Crippen molar-refractivity contribution in [3.05, 3.63) is 29.8 Å². The first kappa shape index (κ1) is 13.8. The molecule has 0 aliphatic carbocycles. The summed E-state index contributed by atoms with van der Waals surface area (Å²) in [4.78, 5) is 23.5. The molecule has 0 saturated carbocycles. The van der Waals surface area contributed by atoms with E-state index in [1.54, 1.807) is 30.8 Å². The summed E-state index contributed by atoms with van der Waals surface area (Å²) in [6, 6.07) is 7.31. The van der Waals surface area contributed by atoms with Gasteiger partial charge in [-0.15, -0.1) is 11.8 Å². The minimum absolute atomic E-state index is 0.0512. The number of carboxylic acids is 1. The molecule has 1 atom stereocenters. The third-order valence-electron chi connectivity index (χ3n) is 2.40. The van der Waals surface area contributed by atoms with E-state index in [4.69, 9.17) is 5.11 Å². The first-order chi connectivity index (χ1) is 8.04. The molecule has 0 radical (unpaired) electrons. The molecular weight excluding hydrogens is 236 g/mol. The smallest absolute Gasteiger partial charge is 0.306 e. The first-order valence-corrected chi connectivity index (χ1v) is 6.52. The monoisotopic (exact) mass is 252 g/mol. The molecule has 3 nitrogen and oxygen atoms in total. The van der Waals surface area contributed by atoms with Crippen molar-refractivity contribution < 1.29 is 14.7 Å². The molecule has 1 N–H and O–H groups in total. The molecule has 0 fully saturated rings. The number of carbonyl (C=O) groups excluding carboxylic acids is 1. The number of rotatable bonds is 6. The Morgan fingerprint density at radius 3 is 2.35 bits per heavy atom.